The fourth-order valence-corrected chi connectivity index (χ4v) is 5.51. The molecule has 2 aromatic carbocycles. The lowest BCUT2D eigenvalue weighted by Gasteiger charge is -2.29. The molecule has 1 atom stereocenters. The minimum absolute atomic E-state index is 0.128. The number of aryl methyl sites for hydroxylation is 1. The van der Waals surface area contributed by atoms with Crippen molar-refractivity contribution in [3.63, 3.8) is 0 Å². The number of sulfonamides is 1. The maximum atomic E-state index is 13.1. The third-order valence-corrected chi connectivity index (χ3v) is 7.94. The van der Waals surface area contributed by atoms with Crippen LogP contribution in [0.3, 0.4) is 0 Å². The summed E-state index contributed by atoms with van der Waals surface area (Å²) in [5.41, 5.74) is 1.76. The van der Waals surface area contributed by atoms with Gasteiger partial charge < -0.3 is 15.3 Å². The Hall–Kier alpha value is -2.75. The molecule has 1 saturated heterocycles. The summed E-state index contributed by atoms with van der Waals surface area (Å²) in [6, 6.07) is 15.4. The highest BCUT2D eigenvalue weighted by Crippen LogP contribution is 2.21. The van der Waals surface area contributed by atoms with E-state index in [1.165, 1.54) is 9.21 Å². The van der Waals surface area contributed by atoms with E-state index in [2.05, 4.69) is 5.32 Å². The normalized spacial score (nSPS) is 15.1. The van der Waals surface area contributed by atoms with Gasteiger partial charge in [-0.1, -0.05) is 42.5 Å². The van der Waals surface area contributed by atoms with Gasteiger partial charge in [0.2, 0.25) is 21.8 Å². The highest BCUT2D eigenvalue weighted by molar-refractivity contribution is 7.89. The number of aliphatic hydroxyl groups is 1. The molecule has 1 heterocycles. The maximum absolute atomic E-state index is 13.1. The average molecular weight is 488 g/mol. The van der Waals surface area contributed by atoms with Gasteiger partial charge in [-0.05, 0) is 49.4 Å². The van der Waals surface area contributed by atoms with Gasteiger partial charge in [-0.2, -0.15) is 4.31 Å². The minimum atomic E-state index is -3.47. The highest BCUT2D eigenvalue weighted by atomic mass is 32.2. The molecule has 0 aromatic heterocycles. The molecule has 2 aromatic rings. The predicted octanol–water partition coefficient (Wildman–Crippen LogP) is 1.93. The van der Waals surface area contributed by atoms with Crippen molar-refractivity contribution in [3.8, 4) is 0 Å². The number of carbonyl (C=O) groups excluding carboxylic acids is 2. The molecule has 184 valence electrons. The smallest absolute Gasteiger partial charge is 0.243 e. The van der Waals surface area contributed by atoms with Crippen LogP contribution in [0.2, 0.25) is 0 Å². The fraction of sp³-hybridized carbons (Fsp3) is 0.440. The van der Waals surface area contributed by atoms with Gasteiger partial charge >= 0.3 is 0 Å². The monoisotopic (exact) mass is 487 g/mol. The van der Waals surface area contributed by atoms with E-state index in [-0.39, 0.29) is 36.3 Å². The molecule has 1 unspecified atom stereocenters. The van der Waals surface area contributed by atoms with E-state index in [9.17, 15) is 18.0 Å². The van der Waals surface area contributed by atoms with Crippen LogP contribution in [-0.2, 0) is 32.6 Å². The standard InChI is InChI=1S/C25H33N3O5S/c1-20(25(31)26-15-18-29)28(19-22-7-3-2-4-8-22)24(30)14-11-21-9-12-23(13-10-21)34(32,33)27-16-5-6-17-27/h2-4,7-10,12-13,20,29H,5-6,11,14-19H2,1H3,(H,26,31). The summed E-state index contributed by atoms with van der Waals surface area (Å²) in [5.74, 6) is -0.501. The molecule has 9 heteroatoms. The fourth-order valence-electron chi connectivity index (χ4n) is 3.99. The van der Waals surface area contributed by atoms with Crippen molar-refractivity contribution < 1.29 is 23.1 Å². The van der Waals surface area contributed by atoms with Crippen molar-refractivity contribution in [1.82, 2.24) is 14.5 Å². The number of nitrogens with one attached hydrogen (secondary N) is 1. The second-order valence-electron chi connectivity index (χ2n) is 8.45. The molecule has 8 nitrogen and oxygen atoms in total. The number of hydrogen-bond acceptors (Lipinski definition) is 5. The van der Waals surface area contributed by atoms with Crippen molar-refractivity contribution >= 4 is 21.8 Å². The molecular weight excluding hydrogens is 454 g/mol. The van der Waals surface area contributed by atoms with E-state index >= 15 is 0 Å². The Bertz CT molecular complexity index is 1050. The van der Waals surface area contributed by atoms with E-state index in [1.54, 1.807) is 31.2 Å². The molecule has 0 radical (unpaired) electrons. The third-order valence-electron chi connectivity index (χ3n) is 6.03. The van der Waals surface area contributed by atoms with Gasteiger partial charge in [0.15, 0.2) is 0 Å². The summed E-state index contributed by atoms with van der Waals surface area (Å²) >= 11 is 0. The van der Waals surface area contributed by atoms with Crippen molar-refractivity contribution in [2.24, 2.45) is 0 Å². The average Bonchev–Trinajstić information content (AvgIpc) is 3.41. The Labute approximate surface area is 201 Å². The summed E-state index contributed by atoms with van der Waals surface area (Å²) in [5, 5.41) is 11.6. The maximum Gasteiger partial charge on any atom is 0.243 e. The zero-order valence-electron chi connectivity index (χ0n) is 19.5. The van der Waals surface area contributed by atoms with Crippen molar-refractivity contribution in [1.29, 1.82) is 0 Å². The number of hydrogen-bond donors (Lipinski definition) is 2. The molecule has 1 aliphatic heterocycles. The van der Waals surface area contributed by atoms with Crippen molar-refractivity contribution in [3.05, 3.63) is 65.7 Å². The number of nitrogens with zero attached hydrogens (tertiary/aromatic N) is 2. The molecule has 34 heavy (non-hydrogen) atoms. The van der Waals surface area contributed by atoms with Crippen LogP contribution in [0.25, 0.3) is 0 Å². The first-order chi connectivity index (χ1) is 16.3. The number of rotatable bonds is 11. The van der Waals surface area contributed by atoms with Crippen molar-refractivity contribution in [2.45, 2.75) is 50.1 Å². The van der Waals surface area contributed by atoms with Crippen LogP contribution in [0.1, 0.15) is 37.3 Å². The van der Waals surface area contributed by atoms with Gasteiger partial charge in [-0.25, -0.2) is 8.42 Å². The van der Waals surface area contributed by atoms with Gasteiger partial charge in [-0.3, -0.25) is 9.59 Å². The van der Waals surface area contributed by atoms with E-state index in [0.717, 1.165) is 24.0 Å². The molecule has 0 spiro atoms. The molecule has 1 aliphatic rings. The predicted molar refractivity (Wildman–Crippen MR) is 129 cm³/mol. The largest absolute Gasteiger partial charge is 0.395 e. The zero-order chi connectivity index (χ0) is 24.6. The zero-order valence-corrected chi connectivity index (χ0v) is 20.3. The first-order valence-electron chi connectivity index (χ1n) is 11.6. The van der Waals surface area contributed by atoms with E-state index in [1.807, 2.05) is 30.3 Å². The Morgan fingerprint density at radius 2 is 1.68 bits per heavy atom. The minimum Gasteiger partial charge on any atom is -0.395 e. The molecule has 3 rings (SSSR count). The van der Waals surface area contributed by atoms with Crippen LogP contribution in [0.4, 0.5) is 0 Å². The van der Waals surface area contributed by atoms with Crippen LogP contribution in [0.15, 0.2) is 59.5 Å². The molecule has 0 bridgehead atoms. The molecular formula is C25H33N3O5S. The first kappa shape index (κ1) is 25.9. The van der Waals surface area contributed by atoms with Gasteiger partial charge in [0.1, 0.15) is 6.04 Å². The molecule has 0 aliphatic carbocycles. The number of amides is 2. The van der Waals surface area contributed by atoms with Gasteiger partial charge in [0.25, 0.3) is 0 Å². The van der Waals surface area contributed by atoms with E-state index in [4.69, 9.17) is 5.11 Å². The molecule has 2 amide bonds. The van der Waals surface area contributed by atoms with Gasteiger partial charge in [-0.15, -0.1) is 0 Å². The Morgan fingerprint density at radius 1 is 1.03 bits per heavy atom. The second kappa shape index (κ2) is 12.1. The van der Waals surface area contributed by atoms with Crippen molar-refractivity contribution in [2.75, 3.05) is 26.2 Å². The van der Waals surface area contributed by atoms with Crippen LogP contribution >= 0.6 is 0 Å². The van der Waals surface area contributed by atoms with Crippen LogP contribution in [0, 0.1) is 0 Å². The van der Waals surface area contributed by atoms with Gasteiger partial charge in [0, 0.05) is 32.6 Å². The molecule has 2 N–H and O–H groups in total. The lowest BCUT2D eigenvalue weighted by Crippen LogP contribution is -2.48. The van der Waals surface area contributed by atoms with Crippen LogP contribution in [-0.4, -0.2) is 66.8 Å². The van der Waals surface area contributed by atoms with Crippen LogP contribution < -0.4 is 5.32 Å². The van der Waals surface area contributed by atoms with Crippen LogP contribution in [0.5, 0.6) is 0 Å². The Kier molecular flexibility index (Phi) is 9.20. The lowest BCUT2D eigenvalue weighted by atomic mass is 10.1. The third kappa shape index (κ3) is 6.65. The van der Waals surface area contributed by atoms with E-state index in [0.29, 0.717) is 26.1 Å². The molecule has 1 fully saturated rings. The van der Waals surface area contributed by atoms with E-state index < -0.39 is 16.1 Å². The molecule has 0 saturated carbocycles. The highest BCUT2D eigenvalue weighted by Gasteiger charge is 2.28. The SMILES string of the molecule is CC(C(=O)NCCO)N(Cc1ccccc1)C(=O)CCc1ccc(S(=O)(=O)N2CCCC2)cc1. The summed E-state index contributed by atoms with van der Waals surface area (Å²) in [7, 11) is -3.47. The second-order valence-corrected chi connectivity index (χ2v) is 10.4. The summed E-state index contributed by atoms with van der Waals surface area (Å²) in [4.78, 5) is 27.4. The topological polar surface area (TPSA) is 107 Å². The number of benzene rings is 2. The number of aliphatic hydroxyl groups excluding tert-OH is 1. The summed E-state index contributed by atoms with van der Waals surface area (Å²) < 4.78 is 26.9. The number of carbonyl (C=O) groups is 2. The Balaban J connectivity index is 1.66. The lowest BCUT2D eigenvalue weighted by molar-refractivity contribution is -0.140. The van der Waals surface area contributed by atoms with Gasteiger partial charge in [0.05, 0.1) is 11.5 Å². The quantitative estimate of drug-likeness (QED) is 0.504. The first-order valence-corrected chi connectivity index (χ1v) is 13.1. The summed E-state index contributed by atoms with van der Waals surface area (Å²) in [6.45, 7) is 3.03. The Morgan fingerprint density at radius 3 is 2.29 bits per heavy atom. The summed E-state index contributed by atoms with van der Waals surface area (Å²) in [6.07, 6.45) is 2.38.